The van der Waals surface area contributed by atoms with Gasteiger partial charge < -0.3 is 4.90 Å². The van der Waals surface area contributed by atoms with Crippen molar-refractivity contribution in [3.05, 3.63) is 42.0 Å². The minimum atomic E-state index is -0.286. The second-order valence-corrected chi connectivity index (χ2v) is 6.82. The second kappa shape index (κ2) is 4.57. The summed E-state index contributed by atoms with van der Waals surface area (Å²) in [7, 11) is 0. The fourth-order valence-corrected chi connectivity index (χ4v) is 4.72. The van der Waals surface area contributed by atoms with E-state index in [2.05, 4.69) is 6.07 Å². The van der Waals surface area contributed by atoms with Crippen molar-refractivity contribution >= 4 is 28.4 Å². The molecule has 24 heavy (non-hydrogen) atoms. The molecule has 0 spiro atoms. The molecule has 5 rings (SSSR count). The Morgan fingerprint density at radius 2 is 1.83 bits per heavy atom. The summed E-state index contributed by atoms with van der Waals surface area (Å²) < 4.78 is 0. The van der Waals surface area contributed by atoms with E-state index in [1.54, 1.807) is 17.0 Å². The zero-order valence-electron chi connectivity index (χ0n) is 13.0. The molecule has 0 aromatic heterocycles. The lowest BCUT2D eigenvalue weighted by atomic mass is 9.98. The van der Waals surface area contributed by atoms with Crippen molar-refractivity contribution in [1.29, 1.82) is 5.26 Å². The predicted molar refractivity (Wildman–Crippen MR) is 88.3 cm³/mol. The summed E-state index contributed by atoms with van der Waals surface area (Å²) in [4.78, 5) is 29.1. The highest BCUT2D eigenvalue weighted by atomic mass is 16.2. The minimum Gasteiger partial charge on any atom is -0.309 e. The van der Waals surface area contributed by atoms with Crippen molar-refractivity contribution in [2.24, 2.45) is 5.92 Å². The quantitative estimate of drug-likeness (QED) is 0.759. The van der Waals surface area contributed by atoms with Gasteiger partial charge in [-0.1, -0.05) is 24.3 Å². The third-order valence-corrected chi connectivity index (χ3v) is 5.73. The van der Waals surface area contributed by atoms with Crippen LogP contribution in [0.15, 0.2) is 36.4 Å². The van der Waals surface area contributed by atoms with Crippen LogP contribution < -0.4 is 4.90 Å². The Bertz CT molecular complexity index is 917. The van der Waals surface area contributed by atoms with E-state index < -0.39 is 0 Å². The zero-order valence-corrected chi connectivity index (χ0v) is 13.0. The van der Waals surface area contributed by atoms with Crippen LogP contribution >= 0.6 is 0 Å². The maximum atomic E-state index is 13.0. The number of nitriles is 1. The molecule has 3 atom stereocenters. The molecule has 2 heterocycles. The van der Waals surface area contributed by atoms with Gasteiger partial charge in [-0.25, -0.2) is 9.69 Å². The number of hydrogen-bond donors (Lipinski definition) is 0. The number of nitrogens with zero attached hydrogens (tertiary/aromatic N) is 3. The average Bonchev–Trinajstić information content (AvgIpc) is 3.28. The van der Waals surface area contributed by atoms with Crippen LogP contribution in [0, 0.1) is 17.2 Å². The molecule has 2 aromatic rings. The molecule has 3 aliphatic rings. The molecule has 3 amide bonds. The van der Waals surface area contributed by atoms with Gasteiger partial charge in [0.05, 0.1) is 17.3 Å². The van der Waals surface area contributed by atoms with Gasteiger partial charge in [0.1, 0.15) is 6.04 Å². The van der Waals surface area contributed by atoms with Gasteiger partial charge in [0, 0.05) is 16.8 Å². The van der Waals surface area contributed by atoms with Crippen LogP contribution in [0.2, 0.25) is 0 Å². The standard InChI is InChI=1S/C19H15N3O2/c20-10-12-6-8-16(15-4-2-1-3-14(12)15)22-18(23)17-11-5-7-13(9-11)21(17)19(22)24/h1-4,6,8,11,13,17H,5,7,9H2/t11-,13+,17+/m1/s1. The smallest absolute Gasteiger partial charge is 0.309 e. The molecule has 0 N–H and O–H groups in total. The summed E-state index contributed by atoms with van der Waals surface area (Å²) in [5.41, 5.74) is 1.14. The number of amides is 3. The van der Waals surface area contributed by atoms with Gasteiger partial charge in [0.15, 0.2) is 0 Å². The van der Waals surface area contributed by atoms with Crippen molar-refractivity contribution in [2.45, 2.75) is 31.3 Å². The number of fused-ring (bicyclic) bond motifs is 6. The lowest BCUT2D eigenvalue weighted by Gasteiger charge is -2.25. The Morgan fingerprint density at radius 1 is 1.04 bits per heavy atom. The van der Waals surface area contributed by atoms with Crippen molar-refractivity contribution in [1.82, 2.24) is 4.90 Å². The van der Waals surface area contributed by atoms with Crippen LogP contribution in [0.25, 0.3) is 10.8 Å². The van der Waals surface area contributed by atoms with E-state index in [-0.39, 0.29) is 24.0 Å². The van der Waals surface area contributed by atoms with Crippen LogP contribution in [0.3, 0.4) is 0 Å². The van der Waals surface area contributed by atoms with E-state index in [4.69, 9.17) is 0 Å². The average molecular weight is 317 g/mol. The molecule has 5 heteroatoms. The van der Waals surface area contributed by atoms with Crippen LogP contribution in [0.1, 0.15) is 24.8 Å². The molecular weight excluding hydrogens is 302 g/mol. The normalized spacial score (nSPS) is 27.9. The molecule has 3 fully saturated rings. The number of anilines is 1. The van der Waals surface area contributed by atoms with Crippen LogP contribution in [0.4, 0.5) is 10.5 Å². The largest absolute Gasteiger partial charge is 0.332 e. The first-order valence-electron chi connectivity index (χ1n) is 8.29. The highest BCUT2D eigenvalue weighted by Crippen LogP contribution is 2.47. The molecule has 0 unspecified atom stereocenters. The molecule has 1 aliphatic carbocycles. The maximum absolute atomic E-state index is 13.0. The topological polar surface area (TPSA) is 64.4 Å². The number of piperidine rings is 1. The summed E-state index contributed by atoms with van der Waals surface area (Å²) in [6.07, 6.45) is 3.00. The van der Waals surface area contributed by atoms with Gasteiger partial charge >= 0.3 is 6.03 Å². The number of hydrogen-bond acceptors (Lipinski definition) is 3. The van der Waals surface area contributed by atoms with E-state index in [1.807, 2.05) is 24.3 Å². The van der Waals surface area contributed by atoms with Crippen molar-refractivity contribution in [3.63, 3.8) is 0 Å². The summed E-state index contributed by atoms with van der Waals surface area (Å²) in [5, 5.41) is 10.8. The fraction of sp³-hybridized carbons (Fsp3) is 0.316. The number of urea groups is 1. The van der Waals surface area contributed by atoms with Gasteiger partial charge in [0.25, 0.3) is 5.91 Å². The lowest BCUT2D eigenvalue weighted by Crippen LogP contribution is -2.40. The summed E-state index contributed by atoms with van der Waals surface area (Å²) in [6.45, 7) is 0. The first-order chi connectivity index (χ1) is 11.7. The Morgan fingerprint density at radius 3 is 2.58 bits per heavy atom. The van der Waals surface area contributed by atoms with Crippen molar-refractivity contribution in [2.75, 3.05) is 4.90 Å². The van der Waals surface area contributed by atoms with E-state index in [1.165, 1.54) is 4.90 Å². The third kappa shape index (κ3) is 1.53. The lowest BCUT2D eigenvalue weighted by molar-refractivity contribution is -0.120. The Kier molecular flexibility index (Phi) is 2.58. The van der Waals surface area contributed by atoms with E-state index in [0.29, 0.717) is 17.2 Å². The monoisotopic (exact) mass is 317 g/mol. The molecule has 5 nitrogen and oxygen atoms in total. The first-order valence-corrected chi connectivity index (χ1v) is 8.29. The van der Waals surface area contributed by atoms with Crippen LogP contribution in [-0.4, -0.2) is 28.9 Å². The molecule has 2 aromatic carbocycles. The highest BCUT2D eigenvalue weighted by Gasteiger charge is 2.59. The maximum Gasteiger partial charge on any atom is 0.332 e. The van der Waals surface area contributed by atoms with Gasteiger partial charge in [0.2, 0.25) is 0 Å². The minimum absolute atomic E-state index is 0.109. The Labute approximate surface area is 139 Å². The van der Waals surface area contributed by atoms with Crippen LogP contribution in [0.5, 0.6) is 0 Å². The van der Waals surface area contributed by atoms with Crippen molar-refractivity contribution in [3.8, 4) is 6.07 Å². The third-order valence-electron chi connectivity index (χ3n) is 5.73. The van der Waals surface area contributed by atoms with Gasteiger partial charge in [-0.15, -0.1) is 0 Å². The molecule has 118 valence electrons. The van der Waals surface area contributed by atoms with Gasteiger partial charge in [-0.3, -0.25) is 4.79 Å². The Hall–Kier alpha value is -2.87. The fourth-order valence-electron chi connectivity index (χ4n) is 4.72. The SMILES string of the molecule is N#Cc1ccc(N2C(=O)[C@@H]3[C@@H]4CC[C@@H](C4)N3C2=O)c2ccccc12. The number of imide groups is 1. The molecule has 2 aliphatic heterocycles. The molecule has 2 saturated heterocycles. The van der Waals surface area contributed by atoms with Gasteiger partial charge in [-0.2, -0.15) is 5.26 Å². The predicted octanol–water partition coefficient (Wildman–Crippen LogP) is 3.03. The molecule has 2 bridgehead atoms. The van der Waals surface area contributed by atoms with E-state index >= 15 is 0 Å². The van der Waals surface area contributed by atoms with E-state index in [0.717, 1.165) is 30.0 Å². The number of carbonyl (C=O) groups excluding carboxylic acids is 2. The Balaban J connectivity index is 1.68. The first kappa shape index (κ1) is 13.6. The zero-order chi connectivity index (χ0) is 16.4. The van der Waals surface area contributed by atoms with Crippen molar-refractivity contribution < 1.29 is 9.59 Å². The summed E-state index contributed by atoms with van der Waals surface area (Å²) in [5.74, 6) is 0.197. The molecule has 0 radical (unpaired) electrons. The second-order valence-electron chi connectivity index (χ2n) is 6.82. The van der Waals surface area contributed by atoms with E-state index in [9.17, 15) is 14.9 Å². The number of carbonyl (C=O) groups is 2. The molecular formula is C19H15N3O2. The molecule has 1 saturated carbocycles. The van der Waals surface area contributed by atoms with Crippen LogP contribution in [-0.2, 0) is 4.79 Å². The highest BCUT2D eigenvalue weighted by molar-refractivity contribution is 6.25. The number of benzene rings is 2. The summed E-state index contributed by atoms with van der Waals surface area (Å²) in [6, 6.07) is 12.8. The summed E-state index contributed by atoms with van der Waals surface area (Å²) >= 11 is 0. The van der Waals surface area contributed by atoms with Gasteiger partial charge in [-0.05, 0) is 37.3 Å². The number of rotatable bonds is 1.